The summed E-state index contributed by atoms with van der Waals surface area (Å²) in [5, 5.41) is 3.32. The van der Waals surface area contributed by atoms with Crippen LogP contribution in [0.2, 0.25) is 0 Å². The van der Waals surface area contributed by atoms with Gasteiger partial charge in [0.15, 0.2) is 5.65 Å². The summed E-state index contributed by atoms with van der Waals surface area (Å²) < 4.78 is 35.3. The second-order valence-corrected chi connectivity index (χ2v) is 11.6. The van der Waals surface area contributed by atoms with E-state index in [4.69, 9.17) is 4.74 Å². The average molecular weight is 535 g/mol. The maximum atomic E-state index is 15.1. The number of anilines is 1. The fraction of sp³-hybridized carbons (Fsp3) is 0.448. The SMILES string of the molecule is O=C(NC12CC3CC(CC(C3)C1)C2)c1cn(-c2ccc(F)cc2F)c2nc(N3CCOCC3=O)ccc2c1=O. The fourth-order valence-corrected chi connectivity index (χ4v) is 7.70. The molecule has 5 fully saturated rings. The number of carbonyl (C=O) groups is 2. The molecule has 0 unspecified atom stereocenters. The Hall–Kier alpha value is -3.66. The Balaban J connectivity index is 1.34. The molecule has 10 heteroatoms. The molecular weight excluding hydrogens is 506 g/mol. The number of hydrogen-bond donors (Lipinski definition) is 1. The van der Waals surface area contributed by atoms with Crippen molar-refractivity contribution in [3.63, 3.8) is 0 Å². The minimum absolute atomic E-state index is 0.0636. The van der Waals surface area contributed by atoms with Gasteiger partial charge in [0, 0.05) is 17.8 Å². The molecule has 8 rings (SSSR count). The van der Waals surface area contributed by atoms with Gasteiger partial charge in [-0.15, -0.1) is 0 Å². The maximum absolute atomic E-state index is 15.1. The largest absolute Gasteiger partial charge is 0.370 e. The molecule has 2 amide bonds. The van der Waals surface area contributed by atoms with E-state index < -0.39 is 23.0 Å². The van der Waals surface area contributed by atoms with Crippen LogP contribution >= 0.6 is 0 Å². The van der Waals surface area contributed by atoms with Crippen LogP contribution in [-0.4, -0.2) is 46.7 Å². The van der Waals surface area contributed by atoms with Gasteiger partial charge in [0.2, 0.25) is 5.43 Å². The van der Waals surface area contributed by atoms with Gasteiger partial charge in [-0.25, -0.2) is 13.8 Å². The molecule has 1 N–H and O–H groups in total. The molecule has 3 heterocycles. The van der Waals surface area contributed by atoms with Gasteiger partial charge in [0.05, 0.1) is 24.2 Å². The lowest BCUT2D eigenvalue weighted by molar-refractivity contribution is -0.125. The molecular formula is C29H28F2N4O4. The number of fused-ring (bicyclic) bond motifs is 1. The Morgan fingerprint density at radius 2 is 1.74 bits per heavy atom. The van der Waals surface area contributed by atoms with Crippen LogP contribution in [0.5, 0.6) is 0 Å². The predicted molar refractivity (Wildman–Crippen MR) is 139 cm³/mol. The summed E-state index contributed by atoms with van der Waals surface area (Å²) in [6.07, 6.45) is 7.66. The van der Waals surface area contributed by atoms with Gasteiger partial charge in [-0.2, -0.15) is 0 Å². The molecule has 39 heavy (non-hydrogen) atoms. The third-order valence-corrected chi connectivity index (χ3v) is 8.93. The van der Waals surface area contributed by atoms with Gasteiger partial charge in [-0.05, 0) is 80.5 Å². The summed E-state index contributed by atoms with van der Waals surface area (Å²) in [5.74, 6) is -0.335. The van der Waals surface area contributed by atoms with Crippen molar-refractivity contribution in [3.05, 3.63) is 63.9 Å². The first kappa shape index (κ1) is 24.4. The van der Waals surface area contributed by atoms with Crippen molar-refractivity contribution >= 4 is 28.7 Å². The molecule has 5 aliphatic rings. The van der Waals surface area contributed by atoms with Crippen LogP contribution < -0.4 is 15.6 Å². The minimum Gasteiger partial charge on any atom is -0.370 e. The Morgan fingerprint density at radius 1 is 1.03 bits per heavy atom. The molecule has 8 nitrogen and oxygen atoms in total. The topological polar surface area (TPSA) is 93.5 Å². The van der Waals surface area contributed by atoms with E-state index in [1.165, 1.54) is 47.1 Å². The number of hydrogen-bond acceptors (Lipinski definition) is 5. The summed E-state index contributed by atoms with van der Waals surface area (Å²) in [6, 6.07) is 6.13. The van der Waals surface area contributed by atoms with E-state index >= 15 is 4.39 Å². The second kappa shape index (κ2) is 8.94. The molecule has 1 aliphatic heterocycles. The molecule has 1 aromatic carbocycles. The van der Waals surface area contributed by atoms with Gasteiger partial charge in [-0.3, -0.25) is 23.9 Å². The number of halogens is 2. The highest BCUT2D eigenvalue weighted by molar-refractivity contribution is 5.99. The summed E-state index contributed by atoms with van der Waals surface area (Å²) in [5.41, 5.74) is -0.980. The summed E-state index contributed by atoms with van der Waals surface area (Å²) >= 11 is 0. The zero-order chi connectivity index (χ0) is 26.9. The number of rotatable bonds is 4. The van der Waals surface area contributed by atoms with Crippen molar-refractivity contribution < 1.29 is 23.1 Å². The summed E-state index contributed by atoms with van der Waals surface area (Å²) in [6.45, 7) is 0.509. The van der Waals surface area contributed by atoms with E-state index in [9.17, 15) is 18.8 Å². The third kappa shape index (κ3) is 4.12. The van der Waals surface area contributed by atoms with Crippen LogP contribution in [0.1, 0.15) is 48.9 Å². The van der Waals surface area contributed by atoms with Crippen LogP contribution in [-0.2, 0) is 9.53 Å². The molecule has 3 aromatic rings. The Morgan fingerprint density at radius 3 is 2.41 bits per heavy atom. The molecule has 0 radical (unpaired) electrons. The van der Waals surface area contributed by atoms with E-state index in [1.54, 1.807) is 6.07 Å². The van der Waals surface area contributed by atoms with E-state index in [0.29, 0.717) is 24.4 Å². The van der Waals surface area contributed by atoms with E-state index in [2.05, 4.69) is 10.3 Å². The number of aromatic nitrogens is 2. The van der Waals surface area contributed by atoms with Crippen molar-refractivity contribution in [2.24, 2.45) is 17.8 Å². The third-order valence-electron chi connectivity index (χ3n) is 8.93. The number of pyridine rings is 2. The molecule has 1 saturated heterocycles. The summed E-state index contributed by atoms with van der Waals surface area (Å²) in [7, 11) is 0. The van der Waals surface area contributed by atoms with Crippen molar-refractivity contribution in [1.29, 1.82) is 0 Å². The minimum atomic E-state index is -0.873. The van der Waals surface area contributed by atoms with Crippen molar-refractivity contribution in [3.8, 4) is 5.69 Å². The zero-order valence-electron chi connectivity index (χ0n) is 21.3. The first-order valence-corrected chi connectivity index (χ1v) is 13.5. The number of nitrogens with one attached hydrogen (secondary N) is 1. The number of morpholine rings is 1. The smallest absolute Gasteiger partial charge is 0.257 e. The average Bonchev–Trinajstić information content (AvgIpc) is 2.88. The zero-order valence-corrected chi connectivity index (χ0v) is 21.3. The Kier molecular flexibility index (Phi) is 5.59. The fourth-order valence-electron chi connectivity index (χ4n) is 7.70. The highest BCUT2D eigenvalue weighted by Crippen LogP contribution is 2.55. The normalized spacial score (nSPS) is 27.8. The lowest BCUT2D eigenvalue weighted by Gasteiger charge is -2.56. The van der Waals surface area contributed by atoms with Gasteiger partial charge in [-0.1, -0.05) is 0 Å². The molecule has 0 atom stereocenters. The molecule has 202 valence electrons. The lowest BCUT2D eigenvalue weighted by Crippen LogP contribution is -2.60. The van der Waals surface area contributed by atoms with E-state index in [-0.39, 0.29) is 52.7 Å². The highest BCUT2D eigenvalue weighted by atomic mass is 19.1. The van der Waals surface area contributed by atoms with Gasteiger partial charge in [0.1, 0.15) is 29.6 Å². The van der Waals surface area contributed by atoms with Crippen LogP contribution in [0.15, 0.2) is 41.3 Å². The second-order valence-electron chi connectivity index (χ2n) is 11.6. The molecule has 4 bridgehead atoms. The standard InChI is InChI=1S/C29H28F2N4O4/c30-19-1-3-23(22(31)10-19)35-14-21(28(38)33-29-11-16-7-17(12-29)9-18(8-16)13-29)26(37)20-2-4-24(32-27(20)35)34-5-6-39-15-25(34)36/h1-4,10,14,16-18H,5-9,11-13,15H2,(H,33,38). The lowest BCUT2D eigenvalue weighted by atomic mass is 9.53. The van der Waals surface area contributed by atoms with Crippen LogP contribution in [0.3, 0.4) is 0 Å². The van der Waals surface area contributed by atoms with Gasteiger partial charge >= 0.3 is 0 Å². The van der Waals surface area contributed by atoms with Crippen molar-refractivity contribution in [2.45, 2.75) is 44.1 Å². The van der Waals surface area contributed by atoms with Gasteiger partial charge in [0.25, 0.3) is 11.8 Å². The van der Waals surface area contributed by atoms with E-state index in [1.807, 2.05) is 0 Å². The van der Waals surface area contributed by atoms with E-state index in [0.717, 1.165) is 31.4 Å². The first-order chi connectivity index (χ1) is 18.8. The number of ether oxygens (including phenoxy) is 1. The van der Waals surface area contributed by atoms with Gasteiger partial charge < -0.3 is 10.1 Å². The summed E-state index contributed by atoms with van der Waals surface area (Å²) in [4.78, 5) is 45.8. The Bertz CT molecular complexity index is 1550. The number of nitrogens with zero attached hydrogens (tertiary/aromatic N) is 3. The number of amides is 2. The number of benzene rings is 1. The number of carbonyl (C=O) groups excluding carboxylic acids is 2. The predicted octanol–water partition coefficient (Wildman–Crippen LogP) is 3.73. The molecule has 4 saturated carbocycles. The van der Waals surface area contributed by atoms with Crippen molar-refractivity contribution in [2.75, 3.05) is 24.7 Å². The molecule has 2 aromatic heterocycles. The molecule has 0 spiro atoms. The van der Waals surface area contributed by atoms with Crippen LogP contribution in [0, 0.1) is 29.4 Å². The Labute approximate surface area is 223 Å². The monoisotopic (exact) mass is 534 g/mol. The highest BCUT2D eigenvalue weighted by Gasteiger charge is 2.51. The van der Waals surface area contributed by atoms with Crippen LogP contribution in [0.25, 0.3) is 16.7 Å². The molecule has 4 aliphatic carbocycles. The quantitative estimate of drug-likeness (QED) is 0.551. The maximum Gasteiger partial charge on any atom is 0.257 e. The van der Waals surface area contributed by atoms with Crippen LogP contribution in [0.4, 0.5) is 14.6 Å². The van der Waals surface area contributed by atoms with Crippen molar-refractivity contribution in [1.82, 2.24) is 14.9 Å². The first-order valence-electron chi connectivity index (χ1n) is 13.5.